The number of aliphatic hydroxyl groups excluding tert-OH is 3. The fourth-order valence-corrected chi connectivity index (χ4v) is 2.37. The van der Waals surface area contributed by atoms with Crippen molar-refractivity contribution in [3.8, 4) is 0 Å². The van der Waals surface area contributed by atoms with Gasteiger partial charge in [-0.15, -0.1) is 0 Å². The molecule has 0 amide bonds. The molecule has 2 heterocycles. The van der Waals surface area contributed by atoms with E-state index in [0.29, 0.717) is 10.9 Å². The van der Waals surface area contributed by atoms with Gasteiger partial charge in [0.25, 0.3) is 5.69 Å². The number of ether oxygens (including phenoxy) is 1. The van der Waals surface area contributed by atoms with Crippen LogP contribution in [0.15, 0.2) is 24.4 Å². The maximum absolute atomic E-state index is 10.7. The molecule has 4 atom stereocenters. The van der Waals surface area contributed by atoms with Gasteiger partial charge in [0.05, 0.1) is 17.0 Å². The molecule has 1 fully saturated rings. The van der Waals surface area contributed by atoms with Crippen LogP contribution in [0.2, 0.25) is 0 Å². The Kier molecular flexibility index (Phi) is 3.33. The maximum Gasteiger partial charge on any atom is 0.271 e. The molecule has 112 valence electrons. The smallest absolute Gasteiger partial charge is 0.271 e. The number of non-ortho nitro benzene ring substituents is 1. The van der Waals surface area contributed by atoms with Crippen LogP contribution in [0.4, 0.5) is 5.69 Å². The first-order valence-corrected chi connectivity index (χ1v) is 6.27. The van der Waals surface area contributed by atoms with Crippen LogP contribution >= 0.6 is 0 Å². The summed E-state index contributed by atoms with van der Waals surface area (Å²) in [6.07, 6.45) is -2.76. The highest BCUT2D eigenvalue weighted by Crippen LogP contribution is 2.30. The van der Waals surface area contributed by atoms with E-state index in [-0.39, 0.29) is 5.69 Å². The number of rotatable bonds is 3. The zero-order chi connectivity index (χ0) is 15.1. The van der Waals surface area contributed by atoms with Gasteiger partial charge in [-0.1, -0.05) is 0 Å². The topological polar surface area (TPSA) is 131 Å². The molecular weight excluding hydrogens is 282 g/mol. The molecule has 0 bridgehead atoms. The summed E-state index contributed by atoms with van der Waals surface area (Å²) in [5.41, 5.74) is 0.288. The lowest BCUT2D eigenvalue weighted by molar-refractivity contribution is -0.384. The minimum Gasteiger partial charge on any atom is -0.394 e. The van der Waals surface area contributed by atoms with Crippen molar-refractivity contribution in [1.82, 2.24) is 9.78 Å². The summed E-state index contributed by atoms with van der Waals surface area (Å²) in [6.45, 7) is -0.430. The number of benzene rings is 1. The second kappa shape index (κ2) is 5.04. The van der Waals surface area contributed by atoms with Crippen LogP contribution in [0, 0.1) is 10.1 Å². The largest absolute Gasteiger partial charge is 0.394 e. The number of aromatic nitrogens is 2. The van der Waals surface area contributed by atoms with E-state index in [1.807, 2.05) is 0 Å². The average Bonchev–Trinajstić information content (AvgIpc) is 3.00. The van der Waals surface area contributed by atoms with Gasteiger partial charge in [0.2, 0.25) is 0 Å². The van der Waals surface area contributed by atoms with Gasteiger partial charge in [-0.25, -0.2) is 4.68 Å². The van der Waals surface area contributed by atoms with Gasteiger partial charge in [0, 0.05) is 23.7 Å². The molecule has 0 spiro atoms. The maximum atomic E-state index is 10.7. The lowest BCUT2D eigenvalue weighted by atomic mass is 10.1. The van der Waals surface area contributed by atoms with Crippen LogP contribution in [0.1, 0.15) is 6.23 Å². The van der Waals surface area contributed by atoms with Crippen LogP contribution in [0.5, 0.6) is 0 Å². The summed E-state index contributed by atoms with van der Waals surface area (Å²) >= 11 is 0. The molecule has 3 N–H and O–H groups in total. The van der Waals surface area contributed by atoms with Crippen LogP contribution in [0.25, 0.3) is 10.9 Å². The molecule has 3 rings (SSSR count). The number of nitro benzene ring substituents is 1. The molecule has 1 aliphatic heterocycles. The Balaban J connectivity index is 1.96. The first-order chi connectivity index (χ1) is 10.0. The highest BCUT2D eigenvalue weighted by Gasteiger charge is 2.43. The first kappa shape index (κ1) is 13.9. The van der Waals surface area contributed by atoms with Crippen molar-refractivity contribution in [2.75, 3.05) is 6.61 Å². The third-order valence-electron chi connectivity index (χ3n) is 3.50. The van der Waals surface area contributed by atoms with Crippen molar-refractivity contribution >= 4 is 16.6 Å². The zero-order valence-electron chi connectivity index (χ0n) is 10.7. The van der Waals surface area contributed by atoms with Crippen LogP contribution in [-0.4, -0.2) is 54.9 Å². The predicted octanol–water partition coefficient (Wildman–Crippen LogP) is -0.444. The van der Waals surface area contributed by atoms with E-state index in [1.165, 1.54) is 22.9 Å². The molecule has 9 heteroatoms. The molecular formula is C12H13N3O6. The quantitative estimate of drug-likeness (QED) is 0.516. The summed E-state index contributed by atoms with van der Waals surface area (Å²) in [5.74, 6) is 0. The van der Waals surface area contributed by atoms with E-state index in [0.717, 1.165) is 0 Å². The van der Waals surface area contributed by atoms with Crippen molar-refractivity contribution in [1.29, 1.82) is 0 Å². The summed E-state index contributed by atoms with van der Waals surface area (Å²) in [7, 11) is 0. The lowest BCUT2D eigenvalue weighted by Gasteiger charge is -2.14. The Morgan fingerprint density at radius 3 is 2.76 bits per heavy atom. The molecule has 2 aromatic rings. The summed E-state index contributed by atoms with van der Waals surface area (Å²) in [6, 6.07) is 4.21. The molecule has 1 saturated heterocycles. The van der Waals surface area contributed by atoms with E-state index in [4.69, 9.17) is 9.84 Å². The molecule has 1 aromatic heterocycles. The lowest BCUT2D eigenvalue weighted by Crippen LogP contribution is -2.33. The molecule has 0 unspecified atom stereocenters. The van der Waals surface area contributed by atoms with Crippen LogP contribution < -0.4 is 0 Å². The Morgan fingerprint density at radius 2 is 2.14 bits per heavy atom. The summed E-state index contributed by atoms with van der Waals surface area (Å²) < 4.78 is 6.63. The molecule has 0 radical (unpaired) electrons. The Bertz CT molecular complexity index is 687. The molecule has 9 nitrogen and oxygen atoms in total. The second-order valence-electron chi connectivity index (χ2n) is 4.84. The van der Waals surface area contributed by atoms with Crippen LogP contribution in [0.3, 0.4) is 0 Å². The second-order valence-corrected chi connectivity index (χ2v) is 4.84. The van der Waals surface area contributed by atoms with E-state index in [9.17, 15) is 20.3 Å². The predicted molar refractivity (Wildman–Crippen MR) is 69.4 cm³/mol. The molecule has 1 aromatic carbocycles. The average molecular weight is 295 g/mol. The van der Waals surface area contributed by atoms with E-state index < -0.39 is 36.1 Å². The molecule has 0 saturated carbocycles. The van der Waals surface area contributed by atoms with Gasteiger partial charge in [-0.2, -0.15) is 5.10 Å². The standard InChI is InChI=1S/C12H13N3O6/c16-5-9-10(17)11(18)12(21-9)14-4-6-1-2-7(15(19)20)3-8(6)13-14/h1-4,9-12,16-18H,5H2/t9-,10-,11-,12-/m1/s1. The number of hydrogen-bond acceptors (Lipinski definition) is 7. The van der Waals surface area contributed by atoms with Gasteiger partial charge in [-0.3, -0.25) is 10.1 Å². The number of nitro groups is 1. The molecule has 21 heavy (non-hydrogen) atoms. The van der Waals surface area contributed by atoms with Crippen LogP contribution in [-0.2, 0) is 4.74 Å². The number of hydrogen-bond donors (Lipinski definition) is 3. The van der Waals surface area contributed by atoms with Crippen molar-refractivity contribution in [3.05, 3.63) is 34.5 Å². The van der Waals surface area contributed by atoms with E-state index in [1.54, 1.807) is 6.20 Å². The Hall–Kier alpha value is -2.07. The Morgan fingerprint density at radius 1 is 1.38 bits per heavy atom. The molecule has 1 aliphatic rings. The van der Waals surface area contributed by atoms with Gasteiger partial charge in [0.15, 0.2) is 6.23 Å². The van der Waals surface area contributed by atoms with Crippen molar-refractivity contribution in [2.45, 2.75) is 24.5 Å². The number of nitrogens with zero attached hydrogens (tertiary/aromatic N) is 3. The minimum atomic E-state index is -1.24. The summed E-state index contributed by atoms with van der Waals surface area (Å²) in [5, 5.41) is 44.2. The van der Waals surface area contributed by atoms with Crippen molar-refractivity contribution in [2.24, 2.45) is 0 Å². The number of aliphatic hydroxyl groups is 3. The zero-order valence-corrected chi connectivity index (χ0v) is 10.7. The highest BCUT2D eigenvalue weighted by molar-refractivity contribution is 5.80. The van der Waals surface area contributed by atoms with E-state index in [2.05, 4.69) is 5.10 Å². The third kappa shape index (κ3) is 2.25. The third-order valence-corrected chi connectivity index (χ3v) is 3.50. The molecule has 0 aliphatic carbocycles. The Labute approximate surface area is 118 Å². The van der Waals surface area contributed by atoms with Gasteiger partial charge in [-0.05, 0) is 6.07 Å². The normalized spacial score (nSPS) is 29.1. The fourth-order valence-electron chi connectivity index (χ4n) is 2.37. The monoisotopic (exact) mass is 295 g/mol. The van der Waals surface area contributed by atoms with Crippen molar-refractivity contribution in [3.63, 3.8) is 0 Å². The SMILES string of the molecule is O=[N+]([O-])c1ccc2cn([C@@H]3O[C@H](CO)[C@@H](O)[C@H]3O)nc2c1. The summed E-state index contributed by atoms with van der Waals surface area (Å²) in [4.78, 5) is 10.2. The van der Waals surface area contributed by atoms with Gasteiger partial charge in [0.1, 0.15) is 18.3 Å². The van der Waals surface area contributed by atoms with E-state index >= 15 is 0 Å². The van der Waals surface area contributed by atoms with Crippen molar-refractivity contribution < 1.29 is 25.0 Å². The highest BCUT2D eigenvalue weighted by atomic mass is 16.6. The van der Waals surface area contributed by atoms with Gasteiger partial charge < -0.3 is 20.1 Å². The number of fused-ring (bicyclic) bond motifs is 1. The first-order valence-electron chi connectivity index (χ1n) is 6.27. The van der Waals surface area contributed by atoms with Gasteiger partial charge >= 0.3 is 0 Å². The fraction of sp³-hybridized carbons (Fsp3) is 0.417. The minimum absolute atomic E-state index is 0.0890.